The Morgan fingerprint density at radius 2 is 1.93 bits per heavy atom. The number of carbonyl (C=O) groups excluding carboxylic acids is 2. The van der Waals surface area contributed by atoms with Crippen LogP contribution in [0.1, 0.15) is 24.4 Å². The first kappa shape index (κ1) is 18.8. The van der Waals surface area contributed by atoms with Gasteiger partial charge in [0.15, 0.2) is 23.4 Å². The second-order valence-corrected chi connectivity index (χ2v) is 6.89. The van der Waals surface area contributed by atoms with Crippen LogP contribution in [0.15, 0.2) is 47.1 Å². The van der Waals surface area contributed by atoms with Crippen molar-refractivity contribution in [3.05, 3.63) is 48.4 Å². The average Bonchev–Trinajstić information content (AvgIpc) is 3.20. The van der Waals surface area contributed by atoms with Crippen LogP contribution < -0.4 is 14.8 Å². The zero-order valence-electron chi connectivity index (χ0n) is 15.7. The Balaban J connectivity index is 1.61. The molecule has 1 aromatic heterocycles. The fourth-order valence-electron chi connectivity index (χ4n) is 2.92. The maximum absolute atomic E-state index is 12.9. The molecule has 3 rings (SSSR count). The van der Waals surface area contributed by atoms with Crippen molar-refractivity contribution in [3.63, 3.8) is 0 Å². The summed E-state index contributed by atoms with van der Waals surface area (Å²) in [5, 5.41) is 2.76. The monoisotopic (exact) mass is 372 g/mol. The van der Waals surface area contributed by atoms with Crippen molar-refractivity contribution in [2.45, 2.75) is 26.0 Å². The van der Waals surface area contributed by atoms with Crippen molar-refractivity contribution < 1.29 is 23.5 Å². The number of nitrogens with zero attached hydrogens (tertiary/aromatic N) is 1. The summed E-state index contributed by atoms with van der Waals surface area (Å²) in [6, 6.07) is 9.97. The van der Waals surface area contributed by atoms with E-state index in [1.807, 2.05) is 38.1 Å². The number of amides is 2. The van der Waals surface area contributed by atoms with E-state index in [0.29, 0.717) is 24.7 Å². The highest BCUT2D eigenvalue weighted by Crippen LogP contribution is 2.31. The number of nitrogens with one attached hydrogen (secondary N) is 1. The van der Waals surface area contributed by atoms with Crippen molar-refractivity contribution in [1.82, 2.24) is 10.2 Å². The third-order valence-corrected chi connectivity index (χ3v) is 4.39. The van der Waals surface area contributed by atoms with E-state index in [0.717, 1.165) is 0 Å². The second kappa shape index (κ2) is 8.16. The van der Waals surface area contributed by atoms with Crippen molar-refractivity contribution in [2.24, 2.45) is 5.92 Å². The average molecular weight is 372 g/mol. The molecular formula is C20H24N2O5. The van der Waals surface area contributed by atoms with Gasteiger partial charge in [0.05, 0.1) is 12.8 Å². The highest BCUT2D eigenvalue weighted by atomic mass is 16.6. The molecule has 1 N–H and O–H groups in total. The molecule has 0 bridgehead atoms. The van der Waals surface area contributed by atoms with Crippen LogP contribution in [0.5, 0.6) is 11.5 Å². The Morgan fingerprint density at radius 1 is 1.19 bits per heavy atom. The van der Waals surface area contributed by atoms with Crippen LogP contribution in [0.25, 0.3) is 0 Å². The molecule has 0 fully saturated rings. The highest BCUT2D eigenvalue weighted by Gasteiger charge is 2.30. The third-order valence-electron chi connectivity index (χ3n) is 4.39. The Kier molecular flexibility index (Phi) is 5.69. The number of fused-ring (bicyclic) bond motifs is 1. The molecule has 1 aliphatic rings. The van der Waals surface area contributed by atoms with Crippen molar-refractivity contribution >= 4 is 11.8 Å². The highest BCUT2D eigenvalue weighted by molar-refractivity contribution is 5.95. The number of para-hydroxylation sites is 2. The summed E-state index contributed by atoms with van der Waals surface area (Å²) in [7, 11) is 1.70. The van der Waals surface area contributed by atoms with Gasteiger partial charge in [-0.1, -0.05) is 26.0 Å². The predicted octanol–water partition coefficient (Wildman–Crippen LogP) is 2.33. The molecule has 2 unspecified atom stereocenters. The van der Waals surface area contributed by atoms with E-state index in [2.05, 4.69) is 5.32 Å². The van der Waals surface area contributed by atoms with E-state index in [-0.39, 0.29) is 23.7 Å². The molecule has 1 aromatic carbocycles. The molecular weight excluding hydrogens is 348 g/mol. The van der Waals surface area contributed by atoms with Gasteiger partial charge in [0, 0.05) is 7.05 Å². The first-order valence-electron chi connectivity index (χ1n) is 8.93. The quantitative estimate of drug-likeness (QED) is 0.842. The van der Waals surface area contributed by atoms with Crippen LogP contribution in [0.4, 0.5) is 0 Å². The number of hydrogen-bond donors (Lipinski definition) is 1. The minimum absolute atomic E-state index is 0.0805. The zero-order chi connectivity index (χ0) is 19.4. The zero-order valence-corrected chi connectivity index (χ0v) is 15.7. The van der Waals surface area contributed by atoms with E-state index in [1.165, 1.54) is 6.26 Å². The summed E-state index contributed by atoms with van der Waals surface area (Å²) in [4.78, 5) is 26.7. The van der Waals surface area contributed by atoms with Gasteiger partial charge in [0.1, 0.15) is 12.6 Å². The lowest BCUT2D eigenvalue weighted by Gasteiger charge is -2.32. The Morgan fingerprint density at radius 3 is 2.59 bits per heavy atom. The summed E-state index contributed by atoms with van der Waals surface area (Å²) in [6.07, 6.45) is 1.15. The molecule has 1 aliphatic heterocycles. The van der Waals surface area contributed by atoms with E-state index >= 15 is 0 Å². The number of benzene rings is 1. The lowest BCUT2D eigenvalue weighted by atomic mass is 10.0. The molecule has 2 aromatic rings. The minimum atomic E-state index is -0.663. The van der Waals surface area contributed by atoms with E-state index < -0.39 is 11.9 Å². The van der Waals surface area contributed by atoms with Crippen molar-refractivity contribution in [1.29, 1.82) is 0 Å². The second-order valence-electron chi connectivity index (χ2n) is 6.89. The fourth-order valence-corrected chi connectivity index (χ4v) is 2.92. The van der Waals surface area contributed by atoms with Crippen LogP contribution in [0.3, 0.4) is 0 Å². The molecule has 2 heterocycles. The normalized spacial score (nSPS) is 16.7. The molecule has 27 heavy (non-hydrogen) atoms. The molecule has 0 spiro atoms. The van der Waals surface area contributed by atoms with Gasteiger partial charge in [-0.3, -0.25) is 9.59 Å². The molecule has 0 radical (unpaired) electrons. The van der Waals surface area contributed by atoms with Crippen LogP contribution in [0, 0.1) is 5.92 Å². The van der Waals surface area contributed by atoms with Crippen LogP contribution in [-0.4, -0.2) is 49.1 Å². The number of likely N-dealkylation sites (N-methyl/N-ethyl adjacent to an activating group) is 1. The first-order valence-corrected chi connectivity index (χ1v) is 8.93. The number of ether oxygens (including phenoxy) is 2. The van der Waals surface area contributed by atoms with E-state index in [1.54, 1.807) is 24.1 Å². The van der Waals surface area contributed by atoms with Gasteiger partial charge in [-0.25, -0.2) is 0 Å². The molecule has 0 aliphatic carbocycles. The van der Waals surface area contributed by atoms with Gasteiger partial charge >= 0.3 is 0 Å². The van der Waals surface area contributed by atoms with E-state index in [9.17, 15) is 9.59 Å². The van der Waals surface area contributed by atoms with Gasteiger partial charge in [0.2, 0.25) is 5.91 Å². The molecule has 0 saturated heterocycles. The summed E-state index contributed by atoms with van der Waals surface area (Å²) in [5.74, 6) is 0.869. The molecule has 2 amide bonds. The smallest absolute Gasteiger partial charge is 0.287 e. The SMILES string of the molecule is CC(C)C(NC(=O)c1ccco1)C(=O)N(C)CC1COc2ccccc2O1. The summed E-state index contributed by atoms with van der Waals surface area (Å²) >= 11 is 0. The standard InChI is InChI=1S/C20H24N2O5/c1-13(2)18(21-19(23)17-9-6-10-25-17)20(24)22(3)11-14-12-26-15-7-4-5-8-16(15)27-14/h4-10,13-14,18H,11-12H2,1-3H3,(H,21,23). The molecule has 7 nitrogen and oxygen atoms in total. The Hall–Kier alpha value is -2.96. The van der Waals surface area contributed by atoms with Crippen LogP contribution in [0.2, 0.25) is 0 Å². The van der Waals surface area contributed by atoms with Gasteiger partial charge in [-0.05, 0) is 30.2 Å². The van der Waals surface area contributed by atoms with E-state index in [4.69, 9.17) is 13.9 Å². The third kappa shape index (κ3) is 4.42. The largest absolute Gasteiger partial charge is 0.486 e. The van der Waals surface area contributed by atoms with Gasteiger partial charge in [-0.15, -0.1) is 0 Å². The maximum Gasteiger partial charge on any atom is 0.287 e. The number of carbonyl (C=O) groups is 2. The topological polar surface area (TPSA) is 81.0 Å². The number of hydrogen-bond acceptors (Lipinski definition) is 5. The lowest BCUT2D eigenvalue weighted by Crippen LogP contribution is -2.52. The first-order chi connectivity index (χ1) is 13.0. The fraction of sp³-hybridized carbons (Fsp3) is 0.400. The molecule has 0 saturated carbocycles. The van der Waals surface area contributed by atoms with Crippen LogP contribution >= 0.6 is 0 Å². The summed E-state index contributed by atoms with van der Waals surface area (Å²) in [6.45, 7) is 4.48. The summed E-state index contributed by atoms with van der Waals surface area (Å²) in [5.41, 5.74) is 0. The maximum atomic E-state index is 12.9. The van der Waals surface area contributed by atoms with Crippen molar-refractivity contribution in [3.8, 4) is 11.5 Å². The molecule has 2 atom stereocenters. The molecule has 144 valence electrons. The van der Waals surface area contributed by atoms with Crippen molar-refractivity contribution in [2.75, 3.05) is 20.2 Å². The Labute approximate surface area is 158 Å². The van der Waals surface area contributed by atoms with Gasteiger partial charge in [-0.2, -0.15) is 0 Å². The number of furan rings is 1. The van der Waals surface area contributed by atoms with Crippen LogP contribution in [-0.2, 0) is 4.79 Å². The molecule has 7 heteroatoms. The Bertz CT molecular complexity index is 787. The van der Waals surface area contributed by atoms with Gasteiger partial charge in [0.25, 0.3) is 5.91 Å². The summed E-state index contributed by atoms with van der Waals surface area (Å²) < 4.78 is 16.7. The predicted molar refractivity (Wildman–Crippen MR) is 98.8 cm³/mol. The van der Waals surface area contributed by atoms with Gasteiger partial charge < -0.3 is 24.1 Å². The minimum Gasteiger partial charge on any atom is -0.486 e. The lowest BCUT2D eigenvalue weighted by molar-refractivity contribution is -0.134. The number of rotatable bonds is 6.